The van der Waals surface area contributed by atoms with E-state index in [1.807, 2.05) is 20.8 Å². The summed E-state index contributed by atoms with van der Waals surface area (Å²) in [4.78, 5) is 0. The molecule has 4 heteroatoms. The van der Waals surface area contributed by atoms with Gasteiger partial charge in [0.1, 0.15) is 0 Å². The number of aliphatic hydroxyl groups is 1. The lowest BCUT2D eigenvalue weighted by Gasteiger charge is -2.36. The Bertz CT molecular complexity index is 260. The predicted molar refractivity (Wildman–Crippen MR) is 86.5 cm³/mol. The van der Waals surface area contributed by atoms with Crippen LogP contribution in [0, 0.1) is 11.3 Å². The van der Waals surface area contributed by atoms with Gasteiger partial charge in [0.05, 0.1) is 44.2 Å². The molecule has 0 aliphatic rings. The summed E-state index contributed by atoms with van der Waals surface area (Å²) in [5.74, 6) is 0.471. The molecule has 21 heavy (non-hydrogen) atoms. The maximum atomic E-state index is 8.91. The number of rotatable bonds is 10. The van der Waals surface area contributed by atoms with Crippen molar-refractivity contribution in [3.8, 4) is 0 Å². The minimum Gasteiger partial charge on any atom is -0.394 e. The molecule has 0 fully saturated rings. The van der Waals surface area contributed by atoms with Crippen molar-refractivity contribution in [1.29, 1.82) is 0 Å². The first-order valence-electron chi connectivity index (χ1n) is 8.07. The van der Waals surface area contributed by atoms with Crippen LogP contribution in [0.5, 0.6) is 0 Å². The van der Waals surface area contributed by atoms with Gasteiger partial charge in [0, 0.05) is 0 Å². The third kappa shape index (κ3) is 9.46. The molecule has 128 valence electrons. The molecule has 4 nitrogen and oxygen atoms in total. The summed E-state index contributed by atoms with van der Waals surface area (Å²) in [6, 6.07) is 0. The molecule has 0 radical (unpaired) electrons. The number of ether oxygens (including phenoxy) is 3. The Morgan fingerprint density at radius 2 is 1.29 bits per heavy atom. The van der Waals surface area contributed by atoms with Crippen molar-refractivity contribution in [2.75, 3.05) is 19.8 Å². The SMILES string of the molecule is CC(CO)OCC(C)OCC(C)OC(C(C)C)C(C)(C)C. The van der Waals surface area contributed by atoms with Crippen molar-refractivity contribution in [2.45, 2.75) is 79.8 Å². The minimum atomic E-state index is -0.143. The van der Waals surface area contributed by atoms with Crippen molar-refractivity contribution in [1.82, 2.24) is 0 Å². The van der Waals surface area contributed by atoms with Crippen LogP contribution in [0.25, 0.3) is 0 Å². The maximum absolute atomic E-state index is 8.91. The van der Waals surface area contributed by atoms with Gasteiger partial charge in [0.2, 0.25) is 0 Å². The first-order valence-corrected chi connectivity index (χ1v) is 8.07. The molecule has 0 amide bonds. The molecular formula is C17H36O4. The Morgan fingerprint density at radius 3 is 1.71 bits per heavy atom. The molecule has 0 aromatic carbocycles. The van der Waals surface area contributed by atoms with Crippen molar-refractivity contribution in [3.05, 3.63) is 0 Å². The van der Waals surface area contributed by atoms with E-state index in [0.717, 1.165) is 0 Å². The van der Waals surface area contributed by atoms with Crippen molar-refractivity contribution in [2.24, 2.45) is 11.3 Å². The zero-order valence-corrected chi connectivity index (χ0v) is 15.2. The third-order valence-electron chi connectivity index (χ3n) is 3.33. The van der Waals surface area contributed by atoms with Crippen molar-refractivity contribution < 1.29 is 19.3 Å². The summed E-state index contributed by atoms with van der Waals surface area (Å²) >= 11 is 0. The van der Waals surface area contributed by atoms with E-state index in [9.17, 15) is 0 Å². The van der Waals surface area contributed by atoms with Gasteiger partial charge in [-0.25, -0.2) is 0 Å². The Hall–Kier alpha value is -0.160. The lowest BCUT2D eigenvalue weighted by atomic mass is 9.82. The summed E-state index contributed by atoms with van der Waals surface area (Å²) in [6.07, 6.45) is 0.111. The fourth-order valence-electron chi connectivity index (χ4n) is 2.35. The van der Waals surface area contributed by atoms with Crippen LogP contribution < -0.4 is 0 Å². The van der Waals surface area contributed by atoms with Crippen LogP contribution in [-0.2, 0) is 14.2 Å². The highest BCUT2D eigenvalue weighted by atomic mass is 16.6. The molecule has 0 bridgehead atoms. The Kier molecular flexibility index (Phi) is 9.70. The monoisotopic (exact) mass is 304 g/mol. The van der Waals surface area contributed by atoms with Gasteiger partial charge in [-0.3, -0.25) is 0 Å². The molecule has 0 saturated heterocycles. The van der Waals surface area contributed by atoms with E-state index >= 15 is 0 Å². The zero-order valence-electron chi connectivity index (χ0n) is 15.2. The Balaban J connectivity index is 4.10. The number of aliphatic hydroxyl groups excluding tert-OH is 1. The molecule has 0 aliphatic carbocycles. The van der Waals surface area contributed by atoms with E-state index in [1.165, 1.54) is 0 Å². The number of hydrogen-bond donors (Lipinski definition) is 1. The average molecular weight is 304 g/mol. The van der Waals surface area contributed by atoms with Crippen LogP contribution in [-0.4, -0.2) is 49.3 Å². The highest BCUT2D eigenvalue weighted by molar-refractivity contribution is 4.78. The molecule has 0 spiro atoms. The standard InChI is InChI=1S/C17H36O4/c1-12(2)16(17(6,7)8)21-15(5)11-20-14(4)10-19-13(3)9-18/h12-16,18H,9-11H2,1-8H3. The van der Waals surface area contributed by atoms with Crippen molar-refractivity contribution in [3.63, 3.8) is 0 Å². The topological polar surface area (TPSA) is 47.9 Å². The highest BCUT2D eigenvalue weighted by Crippen LogP contribution is 2.29. The van der Waals surface area contributed by atoms with E-state index in [0.29, 0.717) is 19.1 Å². The molecule has 1 N–H and O–H groups in total. The fourth-order valence-corrected chi connectivity index (χ4v) is 2.35. The van der Waals surface area contributed by atoms with Gasteiger partial charge in [0.15, 0.2) is 0 Å². The van der Waals surface area contributed by atoms with Crippen molar-refractivity contribution >= 4 is 0 Å². The molecule has 0 saturated carbocycles. The maximum Gasteiger partial charge on any atom is 0.0784 e. The van der Waals surface area contributed by atoms with Crippen LogP contribution in [0.3, 0.4) is 0 Å². The smallest absolute Gasteiger partial charge is 0.0784 e. The fraction of sp³-hybridized carbons (Fsp3) is 1.00. The Morgan fingerprint density at radius 1 is 0.810 bits per heavy atom. The van der Waals surface area contributed by atoms with E-state index < -0.39 is 0 Å². The van der Waals surface area contributed by atoms with Gasteiger partial charge >= 0.3 is 0 Å². The minimum absolute atomic E-state index is 0.00260. The second kappa shape index (κ2) is 9.78. The van der Waals surface area contributed by atoms with Gasteiger partial charge in [-0.1, -0.05) is 34.6 Å². The van der Waals surface area contributed by atoms with E-state index in [4.69, 9.17) is 19.3 Å². The molecule has 4 unspecified atom stereocenters. The predicted octanol–water partition coefficient (Wildman–Crippen LogP) is 3.26. The van der Waals surface area contributed by atoms with Gasteiger partial charge in [0.25, 0.3) is 0 Å². The molecular weight excluding hydrogens is 268 g/mol. The number of hydrogen-bond acceptors (Lipinski definition) is 4. The summed E-state index contributed by atoms with van der Waals surface area (Å²) < 4.78 is 17.4. The lowest BCUT2D eigenvalue weighted by molar-refractivity contribution is -0.123. The summed E-state index contributed by atoms with van der Waals surface area (Å²) in [7, 11) is 0. The van der Waals surface area contributed by atoms with E-state index in [1.54, 1.807) is 0 Å². The van der Waals surface area contributed by atoms with Gasteiger partial charge in [-0.2, -0.15) is 0 Å². The highest BCUT2D eigenvalue weighted by Gasteiger charge is 2.30. The van der Waals surface area contributed by atoms with Crippen LogP contribution in [0.2, 0.25) is 0 Å². The molecule has 0 aliphatic heterocycles. The van der Waals surface area contributed by atoms with Crippen LogP contribution in [0.15, 0.2) is 0 Å². The average Bonchev–Trinajstić information content (AvgIpc) is 2.37. The third-order valence-corrected chi connectivity index (χ3v) is 3.33. The van der Waals surface area contributed by atoms with Crippen LogP contribution in [0.1, 0.15) is 55.4 Å². The zero-order chi connectivity index (χ0) is 16.6. The summed E-state index contributed by atoms with van der Waals surface area (Å²) in [5.41, 5.74) is 0.119. The summed E-state index contributed by atoms with van der Waals surface area (Å²) in [6.45, 7) is 17.9. The van der Waals surface area contributed by atoms with Gasteiger partial charge < -0.3 is 19.3 Å². The normalized spacial score (nSPS) is 18.6. The molecule has 0 aromatic heterocycles. The summed E-state index contributed by atoms with van der Waals surface area (Å²) in [5, 5.41) is 8.91. The first kappa shape index (κ1) is 20.8. The Labute approximate surface area is 131 Å². The van der Waals surface area contributed by atoms with E-state index in [-0.39, 0.29) is 36.4 Å². The largest absolute Gasteiger partial charge is 0.394 e. The van der Waals surface area contributed by atoms with Crippen LogP contribution in [0.4, 0.5) is 0 Å². The second-order valence-corrected chi connectivity index (χ2v) is 7.45. The molecule has 0 heterocycles. The molecule has 4 atom stereocenters. The molecule has 0 aromatic rings. The molecule has 0 rings (SSSR count). The quantitative estimate of drug-likeness (QED) is 0.673. The van der Waals surface area contributed by atoms with Gasteiger partial charge in [-0.05, 0) is 32.1 Å². The van der Waals surface area contributed by atoms with E-state index in [2.05, 4.69) is 34.6 Å². The lowest BCUT2D eigenvalue weighted by Crippen LogP contribution is -2.38. The second-order valence-electron chi connectivity index (χ2n) is 7.45. The van der Waals surface area contributed by atoms with Crippen LogP contribution >= 0.6 is 0 Å². The first-order chi connectivity index (χ1) is 9.57. The van der Waals surface area contributed by atoms with Gasteiger partial charge in [-0.15, -0.1) is 0 Å².